The molecule has 1 saturated heterocycles. The first-order valence-electron chi connectivity index (χ1n) is 11.6. The van der Waals surface area contributed by atoms with Crippen LogP contribution in [0.1, 0.15) is 15.9 Å². The Balaban J connectivity index is 1.37. The number of anilines is 2. The van der Waals surface area contributed by atoms with Gasteiger partial charge < -0.3 is 15.1 Å². The summed E-state index contributed by atoms with van der Waals surface area (Å²) in [6.07, 6.45) is 3.50. The first-order valence-corrected chi connectivity index (χ1v) is 12.0. The average molecular weight is 487 g/mol. The Labute approximate surface area is 210 Å². The quantitative estimate of drug-likeness (QED) is 0.429. The Morgan fingerprint density at radius 1 is 0.971 bits per heavy atom. The van der Waals surface area contributed by atoms with Gasteiger partial charge in [0.1, 0.15) is 11.5 Å². The third-order valence-corrected chi connectivity index (χ3v) is 6.40. The maximum atomic E-state index is 13.3. The fourth-order valence-corrected chi connectivity index (χ4v) is 4.27. The van der Waals surface area contributed by atoms with Crippen LogP contribution >= 0.6 is 11.6 Å². The van der Waals surface area contributed by atoms with Crippen molar-refractivity contribution < 1.29 is 4.79 Å². The van der Waals surface area contributed by atoms with Gasteiger partial charge in [0.05, 0.1) is 24.0 Å². The zero-order valence-electron chi connectivity index (χ0n) is 19.6. The maximum Gasteiger partial charge on any atom is 0.259 e. The third kappa shape index (κ3) is 5.53. The van der Waals surface area contributed by atoms with Gasteiger partial charge in [-0.3, -0.25) is 9.48 Å². The second kappa shape index (κ2) is 10.3. The van der Waals surface area contributed by atoms with Crippen molar-refractivity contribution in [3.63, 3.8) is 0 Å². The molecule has 4 aromatic rings. The summed E-state index contributed by atoms with van der Waals surface area (Å²) in [6, 6.07) is 21.3. The monoisotopic (exact) mass is 486 g/mol. The van der Waals surface area contributed by atoms with Gasteiger partial charge in [0.2, 0.25) is 0 Å². The summed E-state index contributed by atoms with van der Waals surface area (Å²) >= 11 is 6.08. The highest BCUT2D eigenvalue weighted by molar-refractivity contribution is 6.30. The molecule has 35 heavy (non-hydrogen) atoms. The topological polar surface area (TPSA) is 66.3 Å². The maximum absolute atomic E-state index is 13.3. The molecular formula is C27H27ClN6O. The van der Waals surface area contributed by atoms with E-state index in [2.05, 4.69) is 27.1 Å². The molecule has 0 aliphatic carbocycles. The first kappa shape index (κ1) is 23.1. The number of benzene rings is 2. The number of halogens is 1. The summed E-state index contributed by atoms with van der Waals surface area (Å²) in [5, 5.41) is 8.36. The van der Waals surface area contributed by atoms with Gasteiger partial charge in [0, 0.05) is 43.0 Å². The van der Waals surface area contributed by atoms with E-state index in [4.69, 9.17) is 16.7 Å². The highest BCUT2D eigenvalue weighted by Gasteiger charge is 2.19. The lowest BCUT2D eigenvalue weighted by Crippen LogP contribution is -2.44. The summed E-state index contributed by atoms with van der Waals surface area (Å²) in [5.41, 5.74) is 3.68. The lowest BCUT2D eigenvalue weighted by Gasteiger charge is -2.33. The molecule has 0 saturated carbocycles. The smallest absolute Gasteiger partial charge is 0.259 e. The number of rotatable bonds is 6. The van der Waals surface area contributed by atoms with Crippen molar-refractivity contribution in [1.82, 2.24) is 19.7 Å². The molecule has 7 nitrogen and oxygen atoms in total. The summed E-state index contributed by atoms with van der Waals surface area (Å²) < 4.78 is 1.79. The number of pyridine rings is 1. The molecular weight excluding hydrogens is 460 g/mol. The summed E-state index contributed by atoms with van der Waals surface area (Å²) in [7, 11) is 2.13. The van der Waals surface area contributed by atoms with E-state index in [1.807, 2.05) is 54.6 Å². The lowest BCUT2D eigenvalue weighted by atomic mass is 10.1. The second-order valence-corrected chi connectivity index (χ2v) is 9.17. The van der Waals surface area contributed by atoms with Gasteiger partial charge in [0.15, 0.2) is 0 Å². The molecule has 8 heteroatoms. The molecule has 1 aliphatic heterocycles. The number of likely N-dealkylation sites (N-methyl/N-ethyl adjacent to an activating group) is 1. The largest absolute Gasteiger partial charge is 0.354 e. The van der Waals surface area contributed by atoms with E-state index in [1.54, 1.807) is 29.2 Å². The van der Waals surface area contributed by atoms with Gasteiger partial charge in [-0.1, -0.05) is 54.1 Å². The van der Waals surface area contributed by atoms with Gasteiger partial charge in [-0.25, -0.2) is 4.98 Å². The Bertz CT molecular complexity index is 1280. The van der Waals surface area contributed by atoms with E-state index in [1.165, 1.54) is 0 Å². The van der Waals surface area contributed by atoms with Crippen LogP contribution in [0.5, 0.6) is 0 Å². The molecule has 0 atom stereocenters. The molecule has 2 aromatic carbocycles. The number of hydrogen-bond acceptors (Lipinski definition) is 5. The van der Waals surface area contributed by atoms with Gasteiger partial charge in [-0.05, 0) is 36.9 Å². The van der Waals surface area contributed by atoms with E-state index >= 15 is 0 Å². The predicted octanol–water partition coefficient (Wildman–Crippen LogP) is 4.65. The molecule has 2 aromatic heterocycles. The van der Waals surface area contributed by atoms with Crippen LogP contribution in [0.15, 0.2) is 79.1 Å². The summed E-state index contributed by atoms with van der Waals surface area (Å²) in [6.45, 7) is 4.48. The van der Waals surface area contributed by atoms with Crippen LogP contribution in [0.4, 0.5) is 11.5 Å². The van der Waals surface area contributed by atoms with E-state index in [-0.39, 0.29) is 5.91 Å². The molecule has 0 spiro atoms. The van der Waals surface area contributed by atoms with Crippen molar-refractivity contribution >= 4 is 29.0 Å². The minimum atomic E-state index is -0.233. The molecule has 0 unspecified atom stereocenters. The molecule has 5 rings (SSSR count). The van der Waals surface area contributed by atoms with Crippen LogP contribution in [-0.4, -0.2) is 58.8 Å². The minimum absolute atomic E-state index is 0.233. The fraction of sp³-hybridized carbons (Fsp3) is 0.222. The molecule has 0 bridgehead atoms. The van der Waals surface area contributed by atoms with Crippen LogP contribution in [0.2, 0.25) is 5.02 Å². The van der Waals surface area contributed by atoms with Crippen molar-refractivity contribution in [2.75, 3.05) is 43.4 Å². The zero-order chi connectivity index (χ0) is 24.2. The van der Waals surface area contributed by atoms with Crippen molar-refractivity contribution in [3.05, 3.63) is 95.3 Å². The minimum Gasteiger partial charge on any atom is -0.354 e. The molecule has 0 radical (unpaired) electrons. The van der Waals surface area contributed by atoms with Gasteiger partial charge >= 0.3 is 0 Å². The number of aromatic nitrogens is 3. The fourth-order valence-electron chi connectivity index (χ4n) is 4.14. The van der Waals surface area contributed by atoms with E-state index < -0.39 is 0 Å². The standard InChI is InChI=1S/C27H27ClN6O/c1-32-13-15-33(16-14-32)25-12-11-23(17-29-25)30-27(35)24-19-34(18-20-5-3-2-4-6-20)31-26(24)21-7-9-22(28)10-8-21/h2-12,17,19H,13-16,18H2,1H3,(H,30,35). The normalized spacial score (nSPS) is 14.2. The molecule has 1 aliphatic rings. The number of carbonyl (C=O) groups is 1. The van der Waals surface area contributed by atoms with Crippen molar-refractivity contribution in [3.8, 4) is 11.3 Å². The molecule has 3 heterocycles. The van der Waals surface area contributed by atoms with Crippen molar-refractivity contribution in [2.24, 2.45) is 0 Å². The molecule has 178 valence electrons. The average Bonchev–Trinajstić information content (AvgIpc) is 3.30. The summed E-state index contributed by atoms with van der Waals surface area (Å²) in [4.78, 5) is 22.5. The van der Waals surface area contributed by atoms with E-state index in [0.717, 1.165) is 43.1 Å². The third-order valence-electron chi connectivity index (χ3n) is 6.14. The highest BCUT2D eigenvalue weighted by Crippen LogP contribution is 2.25. The number of amides is 1. The Morgan fingerprint density at radius 2 is 1.71 bits per heavy atom. The van der Waals surface area contributed by atoms with Crippen LogP contribution in [0.3, 0.4) is 0 Å². The van der Waals surface area contributed by atoms with Gasteiger partial charge in [-0.15, -0.1) is 0 Å². The van der Waals surface area contributed by atoms with Crippen LogP contribution in [-0.2, 0) is 6.54 Å². The predicted molar refractivity (Wildman–Crippen MR) is 140 cm³/mol. The number of carbonyl (C=O) groups excluding carboxylic acids is 1. The Morgan fingerprint density at radius 3 is 2.40 bits per heavy atom. The number of hydrogen-bond donors (Lipinski definition) is 1. The lowest BCUT2D eigenvalue weighted by molar-refractivity contribution is 0.102. The van der Waals surface area contributed by atoms with Crippen LogP contribution in [0, 0.1) is 0 Å². The van der Waals surface area contributed by atoms with Crippen LogP contribution in [0.25, 0.3) is 11.3 Å². The summed E-state index contributed by atoms with van der Waals surface area (Å²) in [5.74, 6) is 0.692. The zero-order valence-corrected chi connectivity index (χ0v) is 20.3. The molecule has 1 N–H and O–H groups in total. The Hall–Kier alpha value is -3.68. The Kier molecular flexibility index (Phi) is 6.79. The van der Waals surface area contributed by atoms with Crippen LogP contribution < -0.4 is 10.2 Å². The van der Waals surface area contributed by atoms with E-state index in [0.29, 0.717) is 28.5 Å². The SMILES string of the molecule is CN1CCN(c2ccc(NC(=O)c3cn(Cc4ccccc4)nc3-c3ccc(Cl)cc3)cn2)CC1. The van der Waals surface area contributed by atoms with E-state index in [9.17, 15) is 4.79 Å². The number of piperazine rings is 1. The van der Waals surface area contributed by atoms with Gasteiger partial charge in [0.25, 0.3) is 5.91 Å². The van der Waals surface area contributed by atoms with Crippen molar-refractivity contribution in [2.45, 2.75) is 6.54 Å². The van der Waals surface area contributed by atoms with Crippen molar-refractivity contribution in [1.29, 1.82) is 0 Å². The number of nitrogens with zero attached hydrogens (tertiary/aromatic N) is 5. The number of nitrogens with one attached hydrogen (secondary N) is 1. The first-order chi connectivity index (χ1) is 17.0. The van der Waals surface area contributed by atoms with Gasteiger partial charge in [-0.2, -0.15) is 5.10 Å². The highest BCUT2D eigenvalue weighted by atomic mass is 35.5. The second-order valence-electron chi connectivity index (χ2n) is 8.73. The molecule has 1 fully saturated rings. The molecule has 1 amide bonds.